The molecule has 2 heterocycles. The van der Waals surface area contributed by atoms with E-state index in [9.17, 15) is 4.79 Å². The maximum atomic E-state index is 11.9. The predicted octanol–water partition coefficient (Wildman–Crippen LogP) is 2.37. The molecule has 0 bridgehead atoms. The van der Waals surface area contributed by atoms with Crippen molar-refractivity contribution in [2.75, 3.05) is 12.4 Å². The zero-order valence-corrected chi connectivity index (χ0v) is 13.9. The molecule has 0 spiro atoms. The monoisotopic (exact) mass is 332 g/mol. The van der Waals surface area contributed by atoms with Gasteiger partial charge < -0.3 is 10.1 Å². The van der Waals surface area contributed by atoms with Gasteiger partial charge in [-0.3, -0.25) is 9.89 Å². The Morgan fingerprint density at radius 3 is 3.00 bits per heavy atom. The van der Waals surface area contributed by atoms with Crippen LogP contribution in [0.5, 0.6) is 0 Å². The minimum atomic E-state index is -0.0287. The highest BCUT2D eigenvalue weighted by Gasteiger charge is 2.21. The van der Waals surface area contributed by atoms with Crippen LogP contribution in [0.2, 0.25) is 0 Å². The number of hydrogen-bond acceptors (Lipinski definition) is 5. The lowest BCUT2D eigenvalue weighted by Gasteiger charge is -2.05. The molecule has 3 rings (SSSR count). The van der Waals surface area contributed by atoms with Crippen molar-refractivity contribution >= 4 is 17.7 Å². The van der Waals surface area contributed by atoms with Gasteiger partial charge in [-0.05, 0) is 25.3 Å². The number of H-pyrrole nitrogens is 1. The van der Waals surface area contributed by atoms with Crippen molar-refractivity contribution in [3.8, 4) is 0 Å². The molecule has 23 heavy (non-hydrogen) atoms. The molecule has 2 aromatic rings. The second kappa shape index (κ2) is 7.61. The van der Waals surface area contributed by atoms with E-state index in [1.165, 1.54) is 17.3 Å². The summed E-state index contributed by atoms with van der Waals surface area (Å²) in [5, 5.41) is 10.5. The van der Waals surface area contributed by atoms with Gasteiger partial charge in [0.1, 0.15) is 6.10 Å². The number of aromatic amines is 1. The molecule has 1 aromatic carbocycles. The maximum absolute atomic E-state index is 11.9. The molecule has 1 unspecified atom stereocenters. The van der Waals surface area contributed by atoms with E-state index in [0.29, 0.717) is 17.5 Å². The minimum absolute atomic E-state index is 0.0206. The van der Waals surface area contributed by atoms with E-state index < -0.39 is 0 Å². The Morgan fingerprint density at radius 2 is 2.26 bits per heavy atom. The third-order valence-corrected chi connectivity index (χ3v) is 4.51. The molecule has 1 fully saturated rings. The topological polar surface area (TPSA) is 79.9 Å². The molecule has 1 aliphatic rings. The summed E-state index contributed by atoms with van der Waals surface area (Å²) in [6.07, 6.45) is 2.04. The summed E-state index contributed by atoms with van der Waals surface area (Å²) >= 11 is 1.32. The Hall–Kier alpha value is -1.86. The first kappa shape index (κ1) is 16.0. The van der Waals surface area contributed by atoms with Crippen molar-refractivity contribution in [2.45, 2.75) is 37.6 Å². The van der Waals surface area contributed by atoms with Gasteiger partial charge >= 0.3 is 0 Å². The Morgan fingerprint density at radius 1 is 1.43 bits per heavy atom. The van der Waals surface area contributed by atoms with Gasteiger partial charge in [-0.1, -0.05) is 41.6 Å². The molecular formula is C16H20N4O2S. The van der Waals surface area contributed by atoms with Gasteiger partial charge in [0.2, 0.25) is 11.1 Å². The number of nitrogens with one attached hydrogen (secondary N) is 2. The fourth-order valence-corrected chi connectivity index (χ4v) is 2.98. The Bertz CT molecular complexity index is 650. The third kappa shape index (κ3) is 4.56. The van der Waals surface area contributed by atoms with E-state index in [4.69, 9.17) is 4.74 Å². The lowest BCUT2D eigenvalue weighted by atomic mass is 10.1. The highest BCUT2D eigenvalue weighted by Crippen LogP contribution is 2.26. The molecule has 1 amide bonds. The summed E-state index contributed by atoms with van der Waals surface area (Å²) in [7, 11) is 0. The summed E-state index contributed by atoms with van der Waals surface area (Å²) in [5.41, 5.74) is 2.30. The zero-order chi connectivity index (χ0) is 16.1. The molecule has 2 N–H and O–H groups in total. The number of amides is 1. The van der Waals surface area contributed by atoms with Crippen LogP contribution in [0.4, 0.5) is 0 Å². The van der Waals surface area contributed by atoms with Crippen molar-refractivity contribution in [1.82, 2.24) is 20.5 Å². The Labute approximate surface area is 139 Å². The molecule has 0 radical (unpaired) electrons. The van der Waals surface area contributed by atoms with E-state index in [-0.39, 0.29) is 12.0 Å². The van der Waals surface area contributed by atoms with Crippen molar-refractivity contribution in [2.24, 2.45) is 0 Å². The molecule has 6 nitrogen and oxygen atoms in total. The number of ether oxygens (including phenoxy) is 1. The Kier molecular flexibility index (Phi) is 5.30. The number of rotatable bonds is 6. The molecule has 7 heteroatoms. The van der Waals surface area contributed by atoms with E-state index in [1.54, 1.807) is 0 Å². The van der Waals surface area contributed by atoms with Crippen LogP contribution in [0, 0.1) is 6.92 Å². The van der Waals surface area contributed by atoms with Gasteiger partial charge in [0, 0.05) is 13.2 Å². The van der Waals surface area contributed by atoms with Crippen molar-refractivity contribution in [3.05, 3.63) is 41.2 Å². The van der Waals surface area contributed by atoms with Gasteiger partial charge in [-0.15, -0.1) is 5.10 Å². The highest BCUT2D eigenvalue weighted by atomic mass is 32.2. The van der Waals surface area contributed by atoms with Crippen molar-refractivity contribution < 1.29 is 9.53 Å². The largest absolute Gasteiger partial charge is 0.370 e. The highest BCUT2D eigenvalue weighted by molar-refractivity contribution is 7.99. The predicted molar refractivity (Wildman–Crippen MR) is 88.1 cm³/mol. The van der Waals surface area contributed by atoms with Gasteiger partial charge in [0.05, 0.1) is 5.75 Å². The van der Waals surface area contributed by atoms with Gasteiger partial charge in [0.15, 0.2) is 5.82 Å². The average Bonchev–Trinajstić information content (AvgIpc) is 3.23. The van der Waals surface area contributed by atoms with Crippen LogP contribution in [-0.2, 0) is 16.1 Å². The number of aryl methyl sites for hydroxylation is 1. The van der Waals surface area contributed by atoms with Gasteiger partial charge in [-0.25, -0.2) is 4.98 Å². The third-order valence-electron chi connectivity index (χ3n) is 3.66. The Balaban J connectivity index is 1.42. The number of thioether (sulfide) groups is 1. The van der Waals surface area contributed by atoms with Crippen LogP contribution in [-0.4, -0.2) is 33.4 Å². The molecule has 0 saturated carbocycles. The summed E-state index contributed by atoms with van der Waals surface area (Å²) < 4.78 is 5.55. The SMILES string of the molecule is Cc1ccc(CNC(=O)CSc2n[nH]c(C3CCCO3)n2)cc1. The fourth-order valence-electron chi connectivity index (χ4n) is 2.35. The number of carbonyl (C=O) groups is 1. The normalized spacial score (nSPS) is 17.3. The van der Waals surface area contributed by atoms with Crippen LogP contribution < -0.4 is 5.32 Å². The number of aromatic nitrogens is 3. The first-order valence-electron chi connectivity index (χ1n) is 7.69. The molecular weight excluding hydrogens is 312 g/mol. The molecule has 1 saturated heterocycles. The summed E-state index contributed by atoms with van der Waals surface area (Å²) in [4.78, 5) is 16.3. The number of hydrogen-bond donors (Lipinski definition) is 2. The van der Waals surface area contributed by atoms with E-state index in [1.807, 2.05) is 31.2 Å². The van der Waals surface area contributed by atoms with Crippen LogP contribution in [0.3, 0.4) is 0 Å². The fraction of sp³-hybridized carbons (Fsp3) is 0.438. The standard InChI is InChI=1S/C16H20N4O2S/c1-11-4-6-12(7-5-11)9-17-14(21)10-23-16-18-15(19-20-16)13-3-2-8-22-13/h4-7,13H,2-3,8-10H2,1H3,(H,17,21)(H,18,19,20). The number of nitrogens with zero attached hydrogens (tertiary/aromatic N) is 2. The smallest absolute Gasteiger partial charge is 0.230 e. The number of carbonyl (C=O) groups excluding carboxylic acids is 1. The summed E-state index contributed by atoms with van der Waals surface area (Å²) in [5.74, 6) is 1.03. The van der Waals surface area contributed by atoms with E-state index in [2.05, 4.69) is 20.5 Å². The van der Waals surface area contributed by atoms with Crippen molar-refractivity contribution in [3.63, 3.8) is 0 Å². The summed E-state index contributed by atoms with van der Waals surface area (Å²) in [6.45, 7) is 3.35. The lowest BCUT2D eigenvalue weighted by molar-refractivity contribution is -0.118. The van der Waals surface area contributed by atoms with Crippen LogP contribution >= 0.6 is 11.8 Å². The summed E-state index contributed by atoms with van der Waals surface area (Å²) in [6, 6.07) is 8.12. The van der Waals surface area contributed by atoms with Crippen LogP contribution in [0.25, 0.3) is 0 Å². The lowest BCUT2D eigenvalue weighted by Crippen LogP contribution is -2.24. The van der Waals surface area contributed by atoms with Crippen molar-refractivity contribution in [1.29, 1.82) is 0 Å². The van der Waals surface area contributed by atoms with E-state index >= 15 is 0 Å². The first-order chi connectivity index (χ1) is 11.2. The second-order valence-corrected chi connectivity index (χ2v) is 6.50. The van der Waals surface area contributed by atoms with Gasteiger partial charge in [0.25, 0.3) is 0 Å². The maximum Gasteiger partial charge on any atom is 0.230 e. The number of benzene rings is 1. The molecule has 1 atom stereocenters. The first-order valence-corrected chi connectivity index (χ1v) is 8.68. The van der Waals surface area contributed by atoms with Crippen LogP contribution in [0.15, 0.2) is 29.4 Å². The molecule has 1 aromatic heterocycles. The quantitative estimate of drug-likeness (QED) is 0.794. The van der Waals surface area contributed by atoms with Crippen LogP contribution in [0.1, 0.15) is 35.9 Å². The molecule has 1 aliphatic heterocycles. The minimum Gasteiger partial charge on any atom is -0.370 e. The zero-order valence-electron chi connectivity index (χ0n) is 13.0. The molecule has 0 aliphatic carbocycles. The van der Waals surface area contributed by atoms with E-state index in [0.717, 1.165) is 30.8 Å². The molecule has 122 valence electrons. The second-order valence-electron chi connectivity index (χ2n) is 5.56. The van der Waals surface area contributed by atoms with Gasteiger partial charge in [-0.2, -0.15) is 0 Å². The average molecular weight is 332 g/mol.